The highest BCUT2D eigenvalue weighted by Gasteiger charge is 2.31. The first-order chi connectivity index (χ1) is 6.40. The van der Waals surface area contributed by atoms with Gasteiger partial charge in [0.05, 0.1) is 6.54 Å². The van der Waals surface area contributed by atoms with Gasteiger partial charge in [0.2, 0.25) is 0 Å². The summed E-state index contributed by atoms with van der Waals surface area (Å²) >= 11 is 0. The zero-order valence-electron chi connectivity index (χ0n) is 7.92. The van der Waals surface area contributed by atoms with E-state index in [2.05, 4.69) is 15.6 Å². The summed E-state index contributed by atoms with van der Waals surface area (Å²) in [6.07, 6.45) is 5.25. The van der Waals surface area contributed by atoms with Gasteiger partial charge in [0.1, 0.15) is 0 Å². The molecule has 2 aliphatic rings. The lowest BCUT2D eigenvalue weighted by atomic mass is 9.92. The SMILES string of the molecule is NCCN=C1NC2CCCCC2N1. The van der Waals surface area contributed by atoms with Gasteiger partial charge in [-0.05, 0) is 12.8 Å². The fraction of sp³-hybridized carbons (Fsp3) is 0.889. The Balaban J connectivity index is 1.91. The van der Waals surface area contributed by atoms with Gasteiger partial charge in [0.25, 0.3) is 0 Å². The summed E-state index contributed by atoms with van der Waals surface area (Å²) in [5.41, 5.74) is 5.39. The van der Waals surface area contributed by atoms with E-state index in [0.717, 1.165) is 12.5 Å². The molecule has 13 heavy (non-hydrogen) atoms. The molecule has 4 heteroatoms. The summed E-state index contributed by atoms with van der Waals surface area (Å²) in [7, 11) is 0. The molecule has 4 N–H and O–H groups in total. The number of aliphatic imine (C=N–C) groups is 1. The van der Waals surface area contributed by atoms with Crippen molar-refractivity contribution >= 4 is 5.96 Å². The van der Waals surface area contributed by atoms with Crippen molar-refractivity contribution in [3.8, 4) is 0 Å². The molecule has 0 spiro atoms. The minimum Gasteiger partial charge on any atom is -0.352 e. The molecule has 0 aromatic rings. The van der Waals surface area contributed by atoms with E-state index >= 15 is 0 Å². The third-order valence-electron chi connectivity index (χ3n) is 2.81. The molecule has 2 fully saturated rings. The third kappa shape index (κ3) is 1.94. The Morgan fingerprint density at radius 3 is 2.38 bits per heavy atom. The van der Waals surface area contributed by atoms with E-state index in [9.17, 15) is 0 Å². The van der Waals surface area contributed by atoms with Crippen LogP contribution in [0.5, 0.6) is 0 Å². The van der Waals surface area contributed by atoms with Gasteiger partial charge in [-0.2, -0.15) is 0 Å². The first kappa shape index (κ1) is 8.81. The van der Waals surface area contributed by atoms with Gasteiger partial charge >= 0.3 is 0 Å². The maximum atomic E-state index is 5.39. The standard InChI is InChI=1S/C9H18N4/c10-5-6-11-9-12-7-3-1-2-4-8(7)13-9/h7-8H,1-6,10H2,(H2,11,12,13). The maximum Gasteiger partial charge on any atom is 0.191 e. The molecule has 1 saturated heterocycles. The van der Waals surface area contributed by atoms with Gasteiger partial charge in [0.15, 0.2) is 5.96 Å². The largest absolute Gasteiger partial charge is 0.352 e. The van der Waals surface area contributed by atoms with Crippen molar-refractivity contribution in [2.75, 3.05) is 13.1 Å². The lowest BCUT2D eigenvalue weighted by Crippen LogP contribution is -2.36. The van der Waals surface area contributed by atoms with E-state index in [4.69, 9.17) is 5.73 Å². The molecule has 1 aliphatic carbocycles. The van der Waals surface area contributed by atoms with Crippen LogP contribution in [0.15, 0.2) is 4.99 Å². The van der Waals surface area contributed by atoms with Crippen LogP contribution in [-0.4, -0.2) is 31.1 Å². The average molecular weight is 182 g/mol. The molecule has 1 heterocycles. The summed E-state index contributed by atoms with van der Waals surface area (Å²) in [4.78, 5) is 4.34. The van der Waals surface area contributed by atoms with Gasteiger partial charge < -0.3 is 16.4 Å². The predicted molar refractivity (Wildman–Crippen MR) is 53.7 cm³/mol. The molecule has 0 bridgehead atoms. The van der Waals surface area contributed by atoms with E-state index in [1.54, 1.807) is 0 Å². The fourth-order valence-electron chi connectivity index (χ4n) is 2.14. The second-order valence-corrected chi connectivity index (χ2v) is 3.81. The Morgan fingerprint density at radius 1 is 1.23 bits per heavy atom. The molecule has 2 rings (SSSR count). The van der Waals surface area contributed by atoms with Crippen LogP contribution in [0.3, 0.4) is 0 Å². The van der Waals surface area contributed by atoms with E-state index in [1.165, 1.54) is 25.7 Å². The van der Waals surface area contributed by atoms with Gasteiger partial charge in [-0.3, -0.25) is 4.99 Å². The lowest BCUT2D eigenvalue weighted by molar-refractivity contribution is 0.374. The molecule has 0 radical (unpaired) electrons. The monoisotopic (exact) mass is 182 g/mol. The molecule has 0 aromatic heterocycles. The average Bonchev–Trinajstić information content (AvgIpc) is 2.57. The topological polar surface area (TPSA) is 62.4 Å². The maximum absolute atomic E-state index is 5.39. The number of fused-ring (bicyclic) bond motifs is 1. The fourth-order valence-corrected chi connectivity index (χ4v) is 2.14. The summed E-state index contributed by atoms with van der Waals surface area (Å²) in [6.45, 7) is 1.34. The van der Waals surface area contributed by atoms with E-state index in [-0.39, 0.29) is 0 Å². The number of nitrogens with one attached hydrogen (secondary N) is 2. The van der Waals surface area contributed by atoms with Crippen molar-refractivity contribution in [3.05, 3.63) is 0 Å². The highest BCUT2D eigenvalue weighted by atomic mass is 15.3. The number of nitrogens with two attached hydrogens (primary N) is 1. The number of guanidine groups is 1. The molecule has 1 aliphatic heterocycles. The van der Waals surface area contributed by atoms with E-state index in [1.807, 2.05) is 0 Å². The van der Waals surface area contributed by atoms with Crippen LogP contribution in [-0.2, 0) is 0 Å². The molecule has 0 amide bonds. The van der Waals surface area contributed by atoms with Crippen molar-refractivity contribution in [2.45, 2.75) is 37.8 Å². The second kappa shape index (κ2) is 3.96. The van der Waals surface area contributed by atoms with Gasteiger partial charge in [-0.1, -0.05) is 12.8 Å². The molecule has 4 nitrogen and oxygen atoms in total. The highest BCUT2D eigenvalue weighted by Crippen LogP contribution is 2.21. The summed E-state index contributed by atoms with van der Waals surface area (Å²) in [5, 5.41) is 6.82. The first-order valence-corrected chi connectivity index (χ1v) is 5.18. The quantitative estimate of drug-likeness (QED) is 0.554. The van der Waals surface area contributed by atoms with Crippen LogP contribution < -0.4 is 16.4 Å². The molecule has 1 saturated carbocycles. The molecule has 2 atom stereocenters. The molecule has 2 unspecified atom stereocenters. The Morgan fingerprint density at radius 2 is 1.85 bits per heavy atom. The van der Waals surface area contributed by atoms with Gasteiger partial charge in [0, 0.05) is 18.6 Å². The Labute approximate surface area is 79.0 Å². The normalized spacial score (nSPS) is 31.9. The zero-order chi connectivity index (χ0) is 9.10. The van der Waals surface area contributed by atoms with Crippen LogP contribution in [0.1, 0.15) is 25.7 Å². The summed E-state index contributed by atoms with van der Waals surface area (Å²) in [6, 6.07) is 1.23. The summed E-state index contributed by atoms with van der Waals surface area (Å²) in [5.74, 6) is 0.961. The van der Waals surface area contributed by atoms with E-state index in [0.29, 0.717) is 18.6 Å². The van der Waals surface area contributed by atoms with Gasteiger partial charge in [-0.15, -0.1) is 0 Å². The lowest BCUT2D eigenvalue weighted by Gasteiger charge is -2.23. The predicted octanol–water partition coefficient (Wildman–Crippen LogP) is -0.195. The van der Waals surface area contributed by atoms with Crippen LogP contribution in [0.25, 0.3) is 0 Å². The van der Waals surface area contributed by atoms with Crippen molar-refractivity contribution in [3.63, 3.8) is 0 Å². The number of hydrogen-bond donors (Lipinski definition) is 3. The van der Waals surface area contributed by atoms with Crippen molar-refractivity contribution < 1.29 is 0 Å². The third-order valence-corrected chi connectivity index (χ3v) is 2.81. The summed E-state index contributed by atoms with van der Waals surface area (Å²) < 4.78 is 0. The molecular weight excluding hydrogens is 164 g/mol. The highest BCUT2D eigenvalue weighted by molar-refractivity contribution is 5.82. The Bertz CT molecular complexity index is 186. The number of rotatable bonds is 2. The molecular formula is C9H18N4. The minimum atomic E-state index is 0.616. The minimum absolute atomic E-state index is 0.616. The van der Waals surface area contributed by atoms with E-state index < -0.39 is 0 Å². The number of nitrogens with zero attached hydrogens (tertiary/aromatic N) is 1. The Hall–Kier alpha value is -0.770. The van der Waals surface area contributed by atoms with Crippen molar-refractivity contribution in [1.82, 2.24) is 10.6 Å². The first-order valence-electron chi connectivity index (χ1n) is 5.18. The van der Waals surface area contributed by atoms with Crippen LogP contribution in [0, 0.1) is 0 Å². The van der Waals surface area contributed by atoms with Crippen LogP contribution in [0.4, 0.5) is 0 Å². The van der Waals surface area contributed by atoms with Crippen molar-refractivity contribution in [2.24, 2.45) is 10.7 Å². The Kier molecular flexibility index (Phi) is 2.68. The van der Waals surface area contributed by atoms with Crippen molar-refractivity contribution in [1.29, 1.82) is 0 Å². The molecule has 74 valence electrons. The number of hydrogen-bond acceptors (Lipinski definition) is 2. The smallest absolute Gasteiger partial charge is 0.191 e. The molecule has 0 aromatic carbocycles. The van der Waals surface area contributed by atoms with Crippen LogP contribution >= 0.6 is 0 Å². The zero-order valence-corrected chi connectivity index (χ0v) is 7.92. The van der Waals surface area contributed by atoms with Gasteiger partial charge in [-0.25, -0.2) is 0 Å². The van der Waals surface area contributed by atoms with Crippen LogP contribution in [0.2, 0.25) is 0 Å². The second-order valence-electron chi connectivity index (χ2n) is 3.81.